The first kappa shape index (κ1) is 11.6. The normalized spacial score (nSPS) is 29.1. The maximum atomic E-state index is 12.5. The van der Waals surface area contributed by atoms with Crippen LogP contribution in [0.5, 0.6) is 0 Å². The summed E-state index contributed by atoms with van der Waals surface area (Å²) in [4.78, 5) is 13.8. The molecule has 92 valence electrons. The van der Waals surface area contributed by atoms with Gasteiger partial charge >= 0.3 is 6.09 Å². The second-order valence-electron chi connectivity index (χ2n) is 4.74. The molecular weight excluding hydrogens is 218 g/mol. The zero-order chi connectivity index (χ0) is 11.8. The number of halogens is 2. The van der Waals surface area contributed by atoms with E-state index in [1.165, 1.54) is 4.90 Å². The van der Waals surface area contributed by atoms with Crippen LogP contribution < -0.4 is 0 Å². The van der Waals surface area contributed by atoms with E-state index in [1.807, 2.05) is 0 Å². The van der Waals surface area contributed by atoms with Gasteiger partial charge in [0.25, 0.3) is 5.92 Å². The Bertz CT molecular complexity index is 278. The fourth-order valence-corrected chi connectivity index (χ4v) is 2.37. The average Bonchev–Trinajstić information content (AvgIpc) is 2.59. The lowest BCUT2D eigenvalue weighted by Gasteiger charge is -2.39. The summed E-state index contributed by atoms with van der Waals surface area (Å²) in [6, 6.07) is 0. The SMILES string of the molecule is O=C(O)N1CC[C@H](CCN2CC(F)(F)C2)C1. The molecule has 0 aromatic carbocycles. The summed E-state index contributed by atoms with van der Waals surface area (Å²) in [5.41, 5.74) is 0. The zero-order valence-corrected chi connectivity index (χ0v) is 9.03. The van der Waals surface area contributed by atoms with Crippen LogP contribution in [-0.2, 0) is 0 Å². The number of carbonyl (C=O) groups is 1. The Morgan fingerprint density at radius 3 is 2.62 bits per heavy atom. The fourth-order valence-electron chi connectivity index (χ4n) is 2.37. The van der Waals surface area contributed by atoms with Crippen molar-refractivity contribution in [1.82, 2.24) is 9.80 Å². The topological polar surface area (TPSA) is 43.8 Å². The van der Waals surface area contributed by atoms with Gasteiger partial charge in [-0.15, -0.1) is 0 Å². The molecule has 0 bridgehead atoms. The van der Waals surface area contributed by atoms with Crippen LogP contribution in [0.15, 0.2) is 0 Å². The maximum Gasteiger partial charge on any atom is 0.407 e. The Morgan fingerprint density at radius 2 is 2.12 bits per heavy atom. The molecule has 2 aliphatic heterocycles. The molecule has 1 N–H and O–H groups in total. The van der Waals surface area contributed by atoms with Crippen molar-refractivity contribution in [3.8, 4) is 0 Å². The number of hydrogen-bond acceptors (Lipinski definition) is 2. The summed E-state index contributed by atoms with van der Waals surface area (Å²) < 4.78 is 25.1. The van der Waals surface area contributed by atoms with Crippen molar-refractivity contribution >= 4 is 6.09 Å². The van der Waals surface area contributed by atoms with Gasteiger partial charge in [-0.1, -0.05) is 0 Å². The fraction of sp³-hybridized carbons (Fsp3) is 0.900. The van der Waals surface area contributed by atoms with Gasteiger partial charge in [-0.3, -0.25) is 4.90 Å². The van der Waals surface area contributed by atoms with Crippen LogP contribution in [0, 0.1) is 5.92 Å². The third kappa shape index (κ3) is 2.61. The Balaban J connectivity index is 1.63. The predicted octanol–water partition coefficient (Wildman–Crippen LogP) is 1.33. The number of hydrogen-bond donors (Lipinski definition) is 1. The van der Waals surface area contributed by atoms with Gasteiger partial charge in [-0.25, -0.2) is 13.6 Å². The number of nitrogens with zero attached hydrogens (tertiary/aromatic N) is 2. The highest BCUT2D eigenvalue weighted by atomic mass is 19.3. The van der Waals surface area contributed by atoms with Crippen molar-refractivity contribution in [1.29, 1.82) is 0 Å². The van der Waals surface area contributed by atoms with Crippen LogP contribution in [0.1, 0.15) is 12.8 Å². The molecule has 0 saturated carbocycles. The molecule has 0 spiro atoms. The van der Waals surface area contributed by atoms with E-state index in [9.17, 15) is 13.6 Å². The number of carboxylic acid groups (broad SMARTS) is 1. The van der Waals surface area contributed by atoms with E-state index in [1.54, 1.807) is 4.90 Å². The largest absolute Gasteiger partial charge is 0.465 e. The third-order valence-corrected chi connectivity index (χ3v) is 3.32. The van der Waals surface area contributed by atoms with Crippen molar-refractivity contribution in [2.24, 2.45) is 5.92 Å². The summed E-state index contributed by atoms with van der Waals surface area (Å²) in [6.45, 7) is 1.52. The summed E-state index contributed by atoms with van der Waals surface area (Å²) in [6.07, 6.45) is 0.800. The van der Waals surface area contributed by atoms with Crippen LogP contribution in [0.25, 0.3) is 0 Å². The van der Waals surface area contributed by atoms with Crippen molar-refractivity contribution in [2.75, 3.05) is 32.7 Å². The lowest BCUT2D eigenvalue weighted by molar-refractivity contribution is -0.131. The van der Waals surface area contributed by atoms with Crippen LogP contribution in [0.3, 0.4) is 0 Å². The van der Waals surface area contributed by atoms with Crippen LogP contribution in [-0.4, -0.2) is 59.6 Å². The summed E-state index contributed by atoms with van der Waals surface area (Å²) in [7, 11) is 0. The molecule has 2 aliphatic rings. The molecule has 0 aliphatic carbocycles. The van der Waals surface area contributed by atoms with E-state index in [0.29, 0.717) is 25.6 Å². The summed E-state index contributed by atoms with van der Waals surface area (Å²) >= 11 is 0. The zero-order valence-electron chi connectivity index (χ0n) is 9.03. The van der Waals surface area contributed by atoms with E-state index < -0.39 is 12.0 Å². The first-order chi connectivity index (χ1) is 7.46. The van der Waals surface area contributed by atoms with Gasteiger partial charge in [0.05, 0.1) is 13.1 Å². The van der Waals surface area contributed by atoms with Gasteiger partial charge in [0.1, 0.15) is 0 Å². The van der Waals surface area contributed by atoms with E-state index in [0.717, 1.165) is 12.8 Å². The number of amides is 1. The summed E-state index contributed by atoms with van der Waals surface area (Å²) in [5.74, 6) is -2.16. The molecule has 0 unspecified atom stereocenters. The Kier molecular flexibility index (Phi) is 3.01. The molecular formula is C10H16F2N2O2. The van der Waals surface area contributed by atoms with Gasteiger partial charge in [0.2, 0.25) is 0 Å². The minimum absolute atomic E-state index is 0.137. The van der Waals surface area contributed by atoms with Crippen LogP contribution in [0.2, 0.25) is 0 Å². The van der Waals surface area contributed by atoms with E-state index in [4.69, 9.17) is 5.11 Å². The maximum absolute atomic E-state index is 12.5. The average molecular weight is 234 g/mol. The molecule has 2 saturated heterocycles. The van der Waals surface area contributed by atoms with Crippen molar-refractivity contribution in [3.05, 3.63) is 0 Å². The second-order valence-corrected chi connectivity index (χ2v) is 4.74. The number of rotatable bonds is 3. The minimum atomic E-state index is -2.50. The van der Waals surface area contributed by atoms with Gasteiger partial charge in [-0.05, 0) is 25.3 Å². The lowest BCUT2D eigenvalue weighted by Crippen LogP contribution is -2.56. The predicted molar refractivity (Wildman–Crippen MR) is 53.7 cm³/mol. The molecule has 2 rings (SSSR count). The van der Waals surface area contributed by atoms with Crippen molar-refractivity contribution in [2.45, 2.75) is 18.8 Å². The van der Waals surface area contributed by atoms with Gasteiger partial charge in [-0.2, -0.15) is 0 Å². The van der Waals surface area contributed by atoms with Gasteiger partial charge < -0.3 is 10.0 Å². The molecule has 0 aromatic heterocycles. The van der Waals surface area contributed by atoms with Crippen LogP contribution in [0.4, 0.5) is 13.6 Å². The lowest BCUT2D eigenvalue weighted by atomic mass is 10.0. The molecule has 0 aromatic rings. The van der Waals surface area contributed by atoms with Crippen molar-refractivity contribution in [3.63, 3.8) is 0 Å². The minimum Gasteiger partial charge on any atom is -0.465 e. The molecule has 0 radical (unpaired) electrons. The highest BCUT2D eigenvalue weighted by Gasteiger charge is 2.43. The Labute approximate surface area is 92.8 Å². The van der Waals surface area contributed by atoms with E-state index >= 15 is 0 Å². The third-order valence-electron chi connectivity index (χ3n) is 3.32. The van der Waals surface area contributed by atoms with E-state index in [2.05, 4.69) is 0 Å². The molecule has 1 amide bonds. The van der Waals surface area contributed by atoms with Gasteiger partial charge in [0, 0.05) is 13.1 Å². The second kappa shape index (κ2) is 4.16. The first-order valence-electron chi connectivity index (χ1n) is 5.54. The Morgan fingerprint density at radius 1 is 1.44 bits per heavy atom. The standard InChI is InChI=1S/C10H16F2N2O2/c11-10(12)6-13(7-10)3-1-8-2-4-14(5-8)9(15)16/h8H,1-7H2,(H,15,16)/t8-/m0/s1. The number of alkyl halides is 2. The molecule has 1 atom stereocenters. The highest BCUT2D eigenvalue weighted by Crippen LogP contribution is 2.28. The Hall–Kier alpha value is -0.910. The monoisotopic (exact) mass is 234 g/mol. The smallest absolute Gasteiger partial charge is 0.407 e. The van der Waals surface area contributed by atoms with Crippen molar-refractivity contribution < 1.29 is 18.7 Å². The molecule has 6 heteroatoms. The molecule has 16 heavy (non-hydrogen) atoms. The highest BCUT2D eigenvalue weighted by molar-refractivity contribution is 5.65. The number of likely N-dealkylation sites (tertiary alicyclic amines) is 2. The first-order valence-corrected chi connectivity index (χ1v) is 5.54. The molecule has 2 heterocycles. The van der Waals surface area contributed by atoms with E-state index in [-0.39, 0.29) is 13.1 Å². The quantitative estimate of drug-likeness (QED) is 0.801. The summed E-state index contributed by atoms with van der Waals surface area (Å²) in [5, 5.41) is 8.75. The van der Waals surface area contributed by atoms with Gasteiger partial charge in [0.15, 0.2) is 0 Å². The molecule has 4 nitrogen and oxygen atoms in total. The van der Waals surface area contributed by atoms with Crippen LogP contribution >= 0.6 is 0 Å². The molecule has 2 fully saturated rings.